The topological polar surface area (TPSA) is 35.2 Å². The van der Waals surface area contributed by atoms with Crippen LogP contribution in [-0.2, 0) is 0 Å². The van der Waals surface area contributed by atoms with Crippen LogP contribution in [0.5, 0.6) is 5.75 Å². The van der Waals surface area contributed by atoms with E-state index in [0.29, 0.717) is 6.61 Å². The normalized spacial score (nSPS) is 12.2. The van der Waals surface area contributed by atoms with Gasteiger partial charge in [0, 0.05) is 4.47 Å². The van der Waals surface area contributed by atoms with Crippen LogP contribution >= 0.6 is 31.9 Å². The van der Waals surface area contributed by atoms with Gasteiger partial charge in [-0.2, -0.15) is 0 Å². The first-order valence-electron chi connectivity index (χ1n) is 6.55. The first-order valence-corrected chi connectivity index (χ1v) is 8.14. The quantitative estimate of drug-likeness (QED) is 0.764. The number of hydrogen-bond donors (Lipinski definition) is 1. The molecule has 2 aromatic carbocycles. The van der Waals surface area contributed by atoms with Crippen LogP contribution in [0.25, 0.3) is 0 Å². The van der Waals surface area contributed by atoms with E-state index >= 15 is 0 Å². The molecule has 4 heteroatoms. The summed E-state index contributed by atoms with van der Waals surface area (Å²) < 4.78 is 7.61. The molecular formula is C16H17Br2NO. The van der Waals surface area contributed by atoms with Crippen molar-refractivity contribution in [2.75, 3.05) is 6.61 Å². The number of benzene rings is 2. The first kappa shape index (κ1) is 15.5. The summed E-state index contributed by atoms with van der Waals surface area (Å²) in [6, 6.07) is 13.8. The third kappa shape index (κ3) is 3.62. The number of nitrogens with two attached hydrogens (primary N) is 1. The van der Waals surface area contributed by atoms with Gasteiger partial charge in [0.15, 0.2) is 0 Å². The van der Waals surface area contributed by atoms with Crippen molar-refractivity contribution in [3.8, 4) is 5.75 Å². The van der Waals surface area contributed by atoms with Gasteiger partial charge in [-0.3, -0.25) is 0 Å². The number of hydrogen-bond acceptors (Lipinski definition) is 2. The maximum Gasteiger partial charge on any atom is 0.133 e. The van der Waals surface area contributed by atoms with Gasteiger partial charge in [0.1, 0.15) is 5.75 Å². The molecule has 0 aromatic heterocycles. The Hall–Kier alpha value is -0.840. The maximum atomic E-state index is 6.34. The summed E-state index contributed by atoms with van der Waals surface area (Å²) >= 11 is 7.09. The van der Waals surface area contributed by atoms with Crippen LogP contribution in [0.15, 0.2) is 51.4 Å². The summed E-state index contributed by atoms with van der Waals surface area (Å²) in [6.45, 7) is 2.80. The van der Waals surface area contributed by atoms with E-state index in [4.69, 9.17) is 10.5 Å². The summed E-state index contributed by atoms with van der Waals surface area (Å²) in [5.74, 6) is 0.856. The van der Waals surface area contributed by atoms with Gasteiger partial charge >= 0.3 is 0 Å². The Morgan fingerprint density at radius 2 is 1.85 bits per heavy atom. The van der Waals surface area contributed by atoms with Gasteiger partial charge in [-0.15, -0.1) is 0 Å². The Morgan fingerprint density at radius 3 is 2.50 bits per heavy atom. The molecule has 0 amide bonds. The summed E-state index contributed by atoms with van der Waals surface area (Å²) in [6.07, 6.45) is 0.991. The molecule has 2 nitrogen and oxygen atoms in total. The van der Waals surface area contributed by atoms with Gasteiger partial charge in [-0.1, -0.05) is 47.1 Å². The lowest BCUT2D eigenvalue weighted by Crippen LogP contribution is -2.12. The molecule has 0 aliphatic rings. The van der Waals surface area contributed by atoms with E-state index in [9.17, 15) is 0 Å². The van der Waals surface area contributed by atoms with Gasteiger partial charge < -0.3 is 10.5 Å². The smallest absolute Gasteiger partial charge is 0.133 e. The van der Waals surface area contributed by atoms with E-state index < -0.39 is 0 Å². The molecule has 0 aliphatic carbocycles. The summed E-state index contributed by atoms with van der Waals surface area (Å²) in [4.78, 5) is 0. The second kappa shape index (κ2) is 7.25. The van der Waals surface area contributed by atoms with Crippen molar-refractivity contribution in [3.63, 3.8) is 0 Å². The van der Waals surface area contributed by atoms with Crippen LogP contribution in [0.4, 0.5) is 0 Å². The Labute approximate surface area is 136 Å². The molecule has 106 valence electrons. The average molecular weight is 399 g/mol. The lowest BCUT2D eigenvalue weighted by molar-refractivity contribution is 0.315. The molecule has 1 atom stereocenters. The second-order valence-corrected chi connectivity index (χ2v) is 6.25. The molecule has 20 heavy (non-hydrogen) atoms. The molecule has 0 aliphatic heterocycles. The molecule has 2 rings (SSSR count). The van der Waals surface area contributed by atoms with Crippen molar-refractivity contribution in [2.24, 2.45) is 5.73 Å². The zero-order chi connectivity index (χ0) is 14.5. The largest absolute Gasteiger partial charge is 0.492 e. The standard InChI is InChI=1S/C16H17Br2NO/c1-2-9-20-15-8-7-11(10-14(15)18)16(19)12-5-3-4-6-13(12)17/h3-8,10,16H,2,9,19H2,1H3. The Morgan fingerprint density at radius 1 is 1.10 bits per heavy atom. The number of ether oxygens (including phenoxy) is 1. The second-order valence-electron chi connectivity index (χ2n) is 4.54. The third-order valence-corrected chi connectivity index (χ3v) is 4.36. The fourth-order valence-corrected chi connectivity index (χ4v) is 2.99. The zero-order valence-electron chi connectivity index (χ0n) is 11.3. The van der Waals surface area contributed by atoms with Crippen LogP contribution in [0.2, 0.25) is 0 Å². The van der Waals surface area contributed by atoms with Gasteiger partial charge in [0.05, 0.1) is 17.1 Å². The highest BCUT2D eigenvalue weighted by Crippen LogP contribution is 2.32. The van der Waals surface area contributed by atoms with Crippen molar-refractivity contribution in [2.45, 2.75) is 19.4 Å². The molecule has 0 spiro atoms. The van der Waals surface area contributed by atoms with Crippen LogP contribution < -0.4 is 10.5 Å². The van der Waals surface area contributed by atoms with Crippen LogP contribution in [0.3, 0.4) is 0 Å². The Bertz CT molecular complexity index is 586. The van der Waals surface area contributed by atoms with E-state index in [-0.39, 0.29) is 6.04 Å². The highest BCUT2D eigenvalue weighted by Gasteiger charge is 2.13. The summed E-state index contributed by atoms with van der Waals surface area (Å²) in [7, 11) is 0. The van der Waals surface area contributed by atoms with Gasteiger partial charge in [0.2, 0.25) is 0 Å². The Kier molecular flexibility index (Phi) is 5.64. The molecule has 0 heterocycles. The van der Waals surface area contributed by atoms with Crippen molar-refractivity contribution >= 4 is 31.9 Å². The molecule has 1 unspecified atom stereocenters. The molecule has 2 aromatic rings. The first-order chi connectivity index (χ1) is 9.63. The highest BCUT2D eigenvalue weighted by atomic mass is 79.9. The zero-order valence-corrected chi connectivity index (χ0v) is 14.4. The van der Waals surface area contributed by atoms with Crippen molar-refractivity contribution in [1.29, 1.82) is 0 Å². The lowest BCUT2D eigenvalue weighted by Gasteiger charge is -2.16. The van der Waals surface area contributed by atoms with E-state index in [2.05, 4.69) is 38.8 Å². The van der Waals surface area contributed by atoms with E-state index in [1.165, 1.54) is 0 Å². The molecule has 0 saturated carbocycles. The number of halogens is 2. The lowest BCUT2D eigenvalue weighted by atomic mass is 10.00. The predicted molar refractivity (Wildman–Crippen MR) is 90.1 cm³/mol. The molecule has 0 saturated heterocycles. The average Bonchev–Trinajstić information content (AvgIpc) is 2.46. The fourth-order valence-electron chi connectivity index (χ4n) is 1.95. The number of rotatable bonds is 5. The van der Waals surface area contributed by atoms with E-state index in [1.807, 2.05) is 42.5 Å². The van der Waals surface area contributed by atoms with Crippen LogP contribution in [0.1, 0.15) is 30.5 Å². The molecule has 2 N–H and O–H groups in total. The Balaban J connectivity index is 2.25. The maximum absolute atomic E-state index is 6.34. The SMILES string of the molecule is CCCOc1ccc(C(N)c2ccccc2Br)cc1Br. The minimum Gasteiger partial charge on any atom is -0.492 e. The van der Waals surface area contributed by atoms with Crippen molar-refractivity contribution in [3.05, 3.63) is 62.5 Å². The monoisotopic (exact) mass is 397 g/mol. The van der Waals surface area contributed by atoms with E-state index in [0.717, 1.165) is 32.2 Å². The molecule has 0 fully saturated rings. The highest BCUT2D eigenvalue weighted by molar-refractivity contribution is 9.10. The summed E-state index contributed by atoms with van der Waals surface area (Å²) in [5, 5.41) is 0. The van der Waals surface area contributed by atoms with Crippen molar-refractivity contribution < 1.29 is 4.74 Å². The van der Waals surface area contributed by atoms with Crippen LogP contribution in [0, 0.1) is 0 Å². The fraction of sp³-hybridized carbons (Fsp3) is 0.250. The molecule has 0 bridgehead atoms. The molecule has 0 radical (unpaired) electrons. The molecular weight excluding hydrogens is 382 g/mol. The minimum atomic E-state index is -0.165. The third-order valence-electron chi connectivity index (χ3n) is 3.02. The van der Waals surface area contributed by atoms with Crippen molar-refractivity contribution in [1.82, 2.24) is 0 Å². The van der Waals surface area contributed by atoms with Gasteiger partial charge in [-0.25, -0.2) is 0 Å². The van der Waals surface area contributed by atoms with Gasteiger partial charge in [-0.05, 0) is 51.7 Å². The van der Waals surface area contributed by atoms with Gasteiger partial charge in [0.25, 0.3) is 0 Å². The predicted octanol–water partition coefficient (Wildman–Crippen LogP) is 5.05. The summed E-state index contributed by atoms with van der Waals surface area (Å²) in [5.41, 5.74) is 8.46. The van der Waals surface area contributed by atoms with Crippen LogP contribution in [-0.4, -0.2) is 6.61 Å². The minimum absolute atomic E-state index is 0.165. The van der Waals surface area contributed by atoms with E-state index in [1.54, 1.807) is 0 Å².